The van der Waals surface area contributed by atoms with Gasteiger partial charge in [0.15, 0.2) is 0 Å². The van der Waals surface area contributed by atoms with Crippen molar-refractivity contribution in [1.29, 1.82) is 0 Å². The van der Waals surface area contributed by atoms with Crippen LogP contribution in [-0.4, -0.2) is 34.5 Å². The van der Waals surface area contributed by atoms with Crippen molar-refractivity contribution in [3.05, 3.63) is 35.4 Å². The number of benzene rings is 1. The lowest BCUT2D eigenvalue weighted by Gasteiger charge is -2.34. The van der Waals surface area contributed by atoms with Crippen molar-refractivity contribution in [2.24, 2.45) is 5.73 Å². The Morgan fingerprint density at radius 1 is 1.25 bits per heavy atom. The van der Waals surface area contributed by atoms with E-state index in [0.717, 1.165) is 36.9 Å². The molecule has 1 aromatic carbocycles. The second-order valence-electron chi connectivity index (χ2n) is 5.22. The van der Waals surface area contributed by atoms with Crippen molar-refractivity contribution in [2.75, 3.05) is 6.54 Å². The fourth-order valence-electron chi connectivity index (χ4n) is 2.77. The van der Waals surface area contributed by atoms with Crippen molar-refractivity contribution in [3.63, 3.8) is 0 Å². The molecule has 2 rings (SSSR count). The molecule has 1 unspecified atom stereocenters. The van der Waals surface area contributed by atoms with Crippen LogP contribution in [0.25, 0.3) is 0 Å². The van der Waals surface area contributed by atoms with Crippen molar-refractivity contribution in [2.45, 2.75) is 38.3 Å². The molecule has 0 saturated carbocycles. The van der Waals surface area contributed by atoms with E-state index in [4.69, 9.17) is 10.8 Å². The minimum atomic E-state index is -0.845. The van der Waals surface area contributed by atoms with Gasteiger partial charge in [-0.15, -0.1) is 0 Å². The number of rotatable bonds is 5. The van der Waals surface area contributed by atoms with E-state index < -0.39 is 5.97 Å². The highest BCUT2D eigenvalue weighted by atomic mass is 16.4. The first-order chi connectivity index (χ1) is 9.58. The molecule has 20 heavy (non-hydrogen) atoms. The zero-order valence-electron chi connectivity index (χ0n) is 11.4. The third-order valence-corrected chi connectivity index (χ3v) is 3.78. The average molecular weight is 276 g/mol. The summed E-state index contributed by atoms with van der Waals surface area (Å²) in [5.74, 6) is -1.14. The summed E-state index contributed by atoms with van der Waals surface area (Å²) in [6, 6.07) is 7.24. The number of carbonyl (C=O) groups excluding carboxylic acids is 1. The molecule has 0 aromatic heterocycles. The van der Waals surface area contributed by atoms with Crippen molar-refractivity contribution >= 4 is 11.9 Å². The first-order valence-electron chi connectivity index (χ1n) is 6.90. The Bertz CT molecular complexity index is 502. The zero-order chi connectivity index (χ0) is 14.5. The highest BCUT2D eigenvalue weighted by Gasteiger charge is 2.27. The Balaban J connectivity index is 2.15. The average Bonchev–Trinajstić information content (AvgIpc) is 2.41. The van der Waals surface area contributed by atoms with Gasteiger partial charge in [0.1, 0.15) is 0 Å². The quantitative estimate of drug-likeness (QED) is 0.845. The molecule has 1 saturated heterocycles. The number of carboxylic acid groups (broad SMARTS) is 1. The molecule has 1 fully saturated rings. The van der Waals surface area contributed by atoms with Crippen LogP contribution in [0.1, 0.15) is 30.4 Å². The smallest absolute Gasteiger partial charge is 0.307 e. The number of hydrogen-bond donors (Lipinski definition) is 2. The second-order valence-corrected chi connectivity index (χ2v) is 5.22. The number of likely N-dealkylation sites (tertiary alicyclic amines) is 1. The molecule has 108 valence electrons. The fraction of sp³-hybridized carbons (Fsp3) is 0.467. The van der Waals surface area contributed by atoms with Crippen LogP contribution in [0.4, 0.5) is 0 Å². The molecule has 1 aromatic rings. The van der Waals surface area contributed by atoms with Gasteiger partial charge in [-0.2, -0.15) is 0 Å². The van der Waals surface area contributed by atoms with Gasteiger partial charge < -0.3 is 10.8 Å². The lowest BCUT2D eigenvalue weighted by molar-refractivity contribution is -0.136. The molecular formula is C15H20N2O3. The standard InChI is InChI=1S/C15H20N2O3/c16-15(20)13-7-3-4-8-17(13)10-12-6-2-1-5-11(12)9-14(18)19/h1-2,5-6,13H,3-4,7-10H2,(H2,16,20)(H,18,19). The third kappa shape index (κ3) is 3.57. The van der Waals surface area contributed by atoms with Gasteiger partial charge in [-0.3, -0.25) is 14.5 Å². The number of nitrogens with two attached hydrogens (primary N) is 1. The Kier molecular flexibility index (Phi) is 4.74. The van der Waals surface area contributed by atoms with Crippen molar-refractivity contribution in [1.82, 2.24) is 4.90 Å². The maximum absolute atomic E-state index is 11.5. The summed E-state index contributed by atoms with van der Waals surface area (Å²) in [5.41, 5.74) is 7.22. The number of carboxylic acids is 1. The number of hydrogen-bond acceptors (Lipinski definition) is 3. The summed E-state index contributed by atoms with van der Waals surface area (Å²) in [6.45, 7) is 1.41. The second kappa shape index (κ2) is 6.52. The largest absolute Gasteiger partial charge is 0.481 e. The van der Waals surface area contributed by atoms with E-state index in [1.165, 1.54) is 0 Å². The molecule has 1 aliphatic rings. The predicted octanol–water partition coefficient (Wildman–Crippen LogP) is 1.15. The predicted molar refractivity (Wildman–Crippen MR) is 75.0 cm³/mol. The third-order valence-electron chi connectivity index (χ3n) is 3.78. The maximum Gasteiger partial charge on any atom is 0.307 e. The van der Waals surface area contributed by atoms with Crippen LogP contribution in [0, 0.1) is 0 Å². The van der Waals surface area contributed by atoms with Gasteiger partial charge in [-0.1, -0.05) is 30.7 Å². The Morgan fingerprint density at radius 2 is 1.95 bits per heavy atom. The molecule has 3 N–H and O–H groups in total. The number of primary amides is 1. The lowest BCUT2D eigenvalue weighted by Crippen LogP contribution is -2.47. The molecular weight excluding hydrogens is 256 g/mol. The topological polar surface area (TPSA) is 83.6 Å². The maximum atomic E-state index is 11.5. The van der Waals surface area contributed by atoms with Crippen LogP contribution in [-0.2, 0) is 22.6 Å². The number of nitrogens with zero attached hydrogens (tertiary/aromatic N) is 1. The number of piperidine rings is 1. The first kappa shape index (κ1) is 14.5. The normalized spacial score (nSPS) is 19.7. The number of aliphatic carboxylic acids is 1. The lowest BCUT2D eigenvalue weighted by atomic mass is 9.98. The van der Waals surface area contributed by atoms with E-state index in [9.17, 15) is 9.59 Å². The van der Waals surface area contributed by atoms with Crippen LogP contribution >= 0.6 is 0 Å². The summed E-state index contributed by atoms with van der Waals surface area (Å²) >= 11 is 0. The molecule has 1 atom stereocenters. The van der Waals surface area contributed by atoms with Gasteiger partial charge in [0.25, 0.3) is 0 Å². The molecule has 1 amide bonds. The van der Waals surface area contributed by atoms with Crippen molar-refractivity contribution < 1.29 is 14.7 Å². The van der Waals surface area contributed by atoms with Crippen LogP contribution in [0.2, 0.25) is 0 Å². The van der Waals surface area contributed by atoms with Gasteiger partial charge in [0.2, 0.25) is 5.91 Å². The summed E-state index contributed by atoms with van der Waals surface area (Å²) < 4.78 is 0. The van der Waals surface area contributed by atoms with Crippen LogP contribution in [0.15, 0.2) is 24.3 Å². The Labute approximate surface area is 118 Å². The van der Waals surface area contributed by atoms with Gasteiger partial charge in [-0.25, -0.2) is 0 Å². The van der Waals surface area contributed by atoms with Crippen LogP contribution in [0.5, 0.6) is 0 Å². The van der Waals surface area contributed by atoms with Crippen LogP contribution in [0.3, 0.4) is 0 Å². The van der Waals surface area contributed by atoms with Gasteiger partial charge in [-0.05, 0) is 30.5 Å². The van der Waals surface area contributed by atoms with E-state index >= 15 is 0 Å². The highest BCUT2D eigenvalue weighted by Crippen LogP contribution is 2.21. The molecule has 0 radical (unpaired) electrons. The fourth-order valence-corrected chi connectivity index (χ4v) is 2.77. The van der Waals surface area contributed by atoms with Gasteiger partial charge >= 0.3 is 5.97 Å². The Hall–Kier alpha value is -1.88. The molecule has 0 bridgehead atoms. The minimum absolute atomic E-state index is 0.00521. The van der Waals surface area contributed by atoms with Gasteiger partial charge in [0, 0.05) is 6.54 Å². The highest BCUT2D eigenvalue weighted by molar-refractivity contribution is 5.80. The van der Waals surface area contributed by atoms with E-state index in [0.29, 0.717) is 6.54 Å². The molecule has 1 aliphatic heterocycles. The first-order valence-corrected chi connectivity index (χ1v) is 6.90. The zero-order valence-corrected chi connectivity index (χ0v) is 11.4. The summed E-state index contributed by atoms with van der Waals surface area (Å²) in [5, 5.41) is 8.95. The van der Waals surface area contributed by atoms with E-state index in [-0.39, 0.29) is 18.4 Å². The summed E-state index contributed by atoms with van der Waals surface area (Å²) in [4.78, 5) is 24.5. The molecule has 5 heteroatoms. The monoisotopic (exact) mass is 276 g/mol. The van der Waals surface area contributed by atoms with E-state index in [2.05, 4.69) is 4.90 Å². The molecule has 0 spiro atoms. The number of amides is 1. The SMILES string of the molecule is NC(=O)C1CCCCN1Cc1ccccc1CC(=O)O. The van der Waals surface area contributed by atoms with E-state index in [1.807, 2.05) is 24.3 Å². The molecule has 0 aliphatic carbocycles. The van der Waals surface area contributed by atoms with Crippen LogP contribution < -0.4 is 5.73 Å². The minimum Gasteiger partial charge on any atom is -0.481 e. The molecule has 1 heterocycles. The van der Waals surface area contributed by atoms with Crippen molar-refractivity contribution in [3.8, 4) is 0 Å². The Morgan fingerprint density at radius 3 is 2.60 bits per heavy atom. The summed E-state index contributed by atoms with van der Waals surface area (Å²) in [6.07, 6.45) is 2.85. The number of carbonyl (C=O) groups is 2. The summed E-state index contributed by atoms with van der Waals surface area (Å²) in [7, 11) is 0. The van der Waals surface area contributed by atoms with E-state index in [1.54, 1.807) is 0 Å². The van der Waals surface area contributed by atoms with Gasteiger partial charge in [0.05, 0.1) is 12.5 Å². The molecule has 5 nitrogen and oxygen atoms in total.